The van der Waals surface area contributed by atoms with Crippen molar-refractivity contribution in [1.29, 1.82) is 0 Å². The fourth-order valence-electron chi connectivity index (χ4n) is 3.98. The first-order valence-corrected chi connectivity index (χ1v) is 14.0. The Kier molecular flexibility index (Phi) is 11.4. The van der Waals surface area contributed by atoms with Crippen LogP contribution >= 0.6 is 23.4 Å². The second-order valence-corrected chi connectivity index (χ2v) is 10.3. The summed E-state index contributed by atoms with van der Waals surface area (Å²) in [7, 11) is 0. The van der Waals surface area contributed by atoms with Gasteiger partial charge >= 0.3 is 0 Å². The van der Waals surface area contributed by atoms with Gasteiger partial charge in [-0.3, -0.25) is 9.59 Å². The summed E-state index contributed by atoms with van der Waals surface area (Å²) in [5.74, 6) is 0.743. The monoisotopic (exact) mass is 522 g/mol. The van der Waals surface area contributed by atoms with Crippen LogP contribution in [0.25, 0.3) is 0 Å². The molecule has 3 rings (SSSR count). The molecule has 0 radical (unpaired) electrons. The number of amides is 2. The first-order chi connectivity index (χ1) is 17.5. The second kappa shape index (κ2) is 14.7. The molecule has 3 aromatic carbocycles. The van der Waals surface area contributed by atoms with Crippen molar-refractivity contribution in [2.45, 2.75) is 51.4 Å². The molecule has 0 saturated carbocycles. The molecular formula is C30H35ClN2O2S. The summed E-state index contributed by atoms with van der Waals surface area (Å²) in [5.41, 5.74) is 4.17. The van der Waals surface area contributed by atoms with Gasteiger partial charge in [-0.2, -0.15) is 0 Å². The smallest absolute Gasteiger partial charge is 0.243 e. The van der Waals surface area contributed by atoms with Gasteiger partial charge in [0.25, 0.3) is 0 Å². The Morgan fingerprint density at radius 3 is 2.31 bits per heavy atom. The number of thioether (sulfide) groups is 1. The van der Waals surface area contributed by atoms with E-state index >= 15 is 0 Å². The molecule has 0 aliphatic rings. The summed E-state index contributed by atoms with van der Waals surface area (Å²) in [4.78, 5) is 28.9. The first kappa shape index (κ1) is 27.8. The molecule has 0 heterocycles. The highest BCUT2D eigenvalue weighted by Crippen LogP contribution is 2.23. The molecule has 3 aromatic rings. The Morgan fingerprint density at radius 2 is 1.61 bits per heavy atom. The number of rotatable bonds is 13. The molecule has 6 heteroatoms. The van der Waals surface area contributed by atoms with E-state index in [9.17, 15) is 9.59 Å². The van der Waals surface area contributed by atoms with Crippen molar-refractivity contribution in [3.63, 3.8) is 0 Å². The molecule has 0 aliphatic heterocycles. The van der Waals surface area contributed by atoms with Crippen molar-refractivity contribution in [2.24, 2.45) is 0 Å². The van der Waals surface area contributed by atoms with Gasteiger partial charge in [0.05, 0.1) is 5.75 Å². The maximum Gasteiger partial charge on any atom is 0.243 e. The van der Waals surface area contributed by atoms with Gasteiger partial charge in [-0.1, -0.05) is 97.7 Å². The molecule has 4 nitrogen and oxygen atoms in total. The van der Waals surface area contributed by atoms with Crippen molar-refractivity contribution in [1.82, 2.24) is 10.2 Å². The van der Waals surface area contributed by atoms with Gasteiger partial charge in [0.2, 0.25) is 11.8 Å². The lowest BCUT2D eigenvalue weighted by molar-refractivity contribution is -0.139. The molecular weight excluding hydrogens is 488 g/mol. The number of carbonyl (C=O) groups excluding carboxylic acids is 2. The summed E-state index contributed by atoms with van der Waals surface area (Å²) in [6.45, 7) is 5.13. The average Bonchev–Trinajstić information content (AvgIpc) is 2.89. The highest BCUT2D eigenvalue weighted by atomic mass is 35.5. The lowest BCUT2D eigenvalue weighted by atomic mass is 10.0. The van der Waals surface area contributed by atoms with Gasteiger partial charge < -0.3 is 10.2 Å². The van der Waals surface area contributed by atoms with Crippen LogP contribution in [0.3, 0.4) is 0 Å². The number of nitrogens with one attached hydrogen (secondary N) is 1. The van der Waals surface area contributed by atoms with Crippen LogP contribution in [0.15, 0.2) is 78.9 Å². The van der Waals surface area contributed by atoms with E-state index in [4.69, 9.17) is 11.6 Å². The number of carbonyl (C=O) groups is 2. The molecule has 0 fully saturated rings. The lowest BCUT2D eigenvalue weighted by Gasteiger charge is -2.32. The number of halogens is 1. The molecule has 1 atom stereocenters. The van der Waals surface area contributed by atoms with E-state index in [1.54, 1.807) is 4.90 Å². The zero-order valence-electron chi connectivity index (χ0n) is 21.1. The van der Waals surface area contributed by atoms with E-state index in [0.717, 1.165) is 35.1 Å². The predicted molar refractivity (Wildman–Crippen MR) is 151 cm³/mol. The van der Waals surface area contributed by atoms with Crippen molar-refractivity contribution < 1.29 is 9.59 Å². The largest absolute Gasteiger partial charge is 0.354 e. The molecule has 0 unspecified atom stereocenters. The van der Waals surface area contributed by atoms with Gasteiger partial charge in [0.1, 0.15) is 6.04 Å². The molecule has 0 saturated heterocycles. The Bertz CT molecular complexity index is 1120. The van der Waals surface area contributed by atoms with E-state index in [0.29, 0.717) is 30.3 Å². The number of hydrogen-bond acceptors (Lipinski definition) is 3. The zero-order valence-corrected chi connectivity index (χ0v) is 22.7. The topological polar surface area (TPSA) is 49.4 Å². The normalized spacial score (nSPS) is 11.6. The Balaban J connectivity index is 1.85. The number of hydrogen-bond donors (Lipinski definition) is 1. The third-order valence-electron chi connectivity index (χ3n) is 6.14. The minimum atomic E-state index is -0.600. The number of benzene rings is 3. The molecule has 190 valence electrons. The van der Waals surface area contributed by atoms with Gasteiger partial charge in [-0.15, -0.1) is 11.8 Å². The van der Waals surface area contributed by atoms with E-state index in [2.05, 4.69) is 12.2 Å². The van der Waals surface area contributed by atoms with Crippen molar-refractivity contribution in [3.05, 3.63) is 106 Å². The quantitative estimate of drug-likeness (QED) is 0.263. The molecule has 0 aromatic heterocycles. The lowest BCUT2D eigenvalue weighted by Crippen LogP contribution is -2.51. The summed E-state index contributed by atoms with van der Waals surface area (Å²) < 4.78 is 0. The SMILES string of the molecule is CCCCNC(=O)[C@@H](Cc1ccccc1)N(Cc1ccccc1C)C(=O)CSCc1ccccc1Cl. The average molecular weight is 523 g/mol. The van der Waals surface area contributed by atoms with Crippen LogP contribution < -0.4 is 5.32 Å². The second-order valence-electron chi connectivity index (χ2n) is 8.88. The van der Waals surface area contributed by atoms with Crippen LogP contribution in [0.4, 0.5) is 0 Å². The van der Waals surface area contributed by atoms with Crippen molar-refractivity contribution in [3.8, 4) is 0 Å². The Morgan fingerprint density at radius 1 is 0.944 bits per heavy atom. The fraction of sp³-hybridized carbons (Fsp3) is 0.333. The molecule has 1 N–H and O–H groups in total. The molecule has 0 bridgehead atoms. The number of aryl methyl sites for hydroxylation is 1. The molecule has 36 heavy (non-hydrogen) atoms. The first-order valence-electron chi connectivity index (χ1n) is 12.5. The van der Waals surface area contributed by atoms with Crippen LogP contribution in [0, 0.1) is 6.92 Å². The third-order valence-corrected chi connectivity index (χ3v) is 7.48. The summed E-state index contributed by atoms with van der Waals surface area (Å²) >= 11 is 7.83. The van der Waals surface area contributed by atoms with E-state index in [1.165, 1.54) is 11.8 Å². The van der Waals surface area contributed by atoms with E-state index in [1.807, 2.05) is 85.8 Å². The van der Waals surface area contributed by atoms with Gasteiger partial charge in [0, 0.05) is 30.3 Å². The predicted octanol–water partition coefficient (Wildman–Crippen LogP) is 6.44. The minimum Gasteiger partial charge on any atom is -0.354 e. The van der Waals surface area contributed by atoms with E-state index in [-0.39, 0.29) is 17.6 Å². The van der Waals surface area contributed by atoms with Crippen LogP contribution in [0.5, 0.6) is 0 Å². The van der Waals surface area contributed by atoms with Crippen LogP contribution in [0.1, 0.15) is 42.0 Å². The van der Waals surface area contributed by atoms with Crippen LogP contribution in [-0.4, -0.2) is 35.1 Å². The maximum atomic E-state index is 13.7. The van der Waals surface area contributed by atoms with E-state index < -0.39 is 6.04 Å². The standard InChI is InChI=1S/C30H35ClN2O2S/c1-3-4-18-32-30(35)28(19-24-13-6-5-7-14-24)33(20-25-15-9-8-12-23(25)2)29(34)22-36-21-26-16-10-11-17-27(26)31/h5-17,28H,3-4,18-22H2,1-2H3,(H,32,35)/t28-/m1/s1. The highest BCUT2D eigenvalue weighted by Gasteiger charge is 2.30. The Labute approximate surface area is 224 Å². The summed E-state index contributed by atoms with van der Waals surface area (Å²) in [6, 6.07) is 25.0. The molecule has 2 amide bonds. The summed E-state index contributed by atoms with van der Waals surface area (Å²) in [5, 5.41) is 3.77. The third kappa shape index (κ3) is 8.42. The highest BCUT2D eigenvalue weighted by molar-refractivity contribution is 7.99. The van der Waals surface area contributed by atoms with Crippen molar-refractivity contribution in [2.75, 3.05) is 12.3 Å². The Hall–Kier alpha value is -2.76. The number of unbranched alkanes of at least 4 members (excludes halogenated alkanes) is 1. The van der Waals surface area contributed by atoms with Gasteiger partial charge in [-0.25, -0.2) is 0 Å². The maximum absolute atomic E-state index is 13.7. The van der Waals surface area contributed by atoms with Crippen LogP contribution in [-0.2, 0) is 28.3 Å². The van der Waals surface area contributed by atoms with Gasteiger partial charge in [-0.05, 0) is 41.7 Å². The fourth-order valence-corrected chi connectivity index (χ4v) is 5.17. The zero-order chi connectivity index (χ0) is 25.8. The minimum absolute atomic E-state index is 0.0538. The molecule has 0 spiro atoms. The number of nitrogens with zero attached hydrogens (tertiary/aromatic N) is 1. The van der Waals surface area contributed by atoms with Crippen molar-refractivity contribution >= 4 is 35.2 Å². The van der Waals surface area contributed by atoms with Gasteiger partial charge in [0.15, 0.2) is 0 Å². The summed E-state index contributed by atoms with van der Waals surface area (Å²) in [6.07, 6.45) is 2.36. The molecule has 0 aliphatic carbocycles. The van der Waals surface area contributed by atoms with Crippen LogP contribution in [0.2, 0.25) is 5.02 Å².